The van der Waals surface area contributed by atoms with Gasteiger partial charge in [-0.2, -0.15) is 10.2 Å². The molecule has 3 saturated heterocycles. The molecule has 0 spiro atoms. The molecule has 3 unspecified atom stereocenters. The normalized spacial score (nSPS) is 20.2. The second-order valence-corrected chi connectivity index (χ2v) is 35.3. The van der Waals surface area contributed by atoms with Crippen molar-refractivity contribution in [3.8, 4) is 29.1 Å². The van der Waals surface area contributed by atoms with Crippen LogP contribution in [0.15, 0.2) is 234 Å². The molecular weight excluding hydrogens is 1680 g/mol. The Kier molecular flexibility index (Phi) is 28.8. The first-order valence-corrected chi connectivity index (χ1v) is 44.6. The van der Waals surface area contributed by atoms with E-state index in [0.717, 1.165) is 4.57 Å². The molecule has 4 aromatic heterocycles. The summed E-state index contributed by atoms with van der Waals surface area (Å²) in [7, 11) is -8.93. The summed E-state index contributed by atoms with van der Waals surface area (Å²) in [6.45, 7) is 8.25. The summed E-state index contributed by atoms with van der Waals surface area (Å²) in [5.41, 5.74) is -0.668. The third-order valence-corrected chi connectivity index (χ3v) is 26.7. The fourth-order valence-electron chi connectivity index (χ4n) is 14.7. The van der Waals surface area contributed by atoms with Gasteiger partial charge in [-0.1, -0.05) is 138 Å². The van der Waals surface area contributed by atoms with Crippen molar-refractivity contribution in [2.24, 2.45) is 0 Å². The van der Waals surface area contributed by atoms with Crippen LogP contribution in [0.25, 0.3) is 11.2 Å². The molecule has 3 aliphatic heterocycles. The Morgan fingerprint density at radius 1 is 0.642 bits per heavy atom. The Bertz CT molecular complexity index is 5790. The van der Waals surface area contributed by atoms with E-state index in [1.807, 2.05) is 82.3 Å². The number of rotatable bonds is 37. The summed E-state index contributed by atoms with van der Waals surface area (Å²) in [5.74, 6) is -0.0366. The average molecular weight is 1770 g/mol. The summed E-state index contributed by atoms with van der Waals surface area (Å²) in [6.07, 6.45) is -6.73. The minimum Gasteiger partial charge on any atom is -0.497 e. The maximum Gasteiger partial charge on any atom is 0.530 e. The van der Waals surface area contributed by atoms with E-state index in [-0.39, 0.29) is 101 Å². The van der Waals surface area contributed by atoms with Crippen molar-refractivity contribution in [3.63, 3.8) is 0 Å². The number of phosphoric ester groups is 1. The Labute approximate surface area is 718 Å². The van der Waals surface area contributed by atoms with Crippen LogP contribution in [0.4, 0.5) is 11.6 Å². The Balaban J connectivity index is 0.821. The van der Waals surface area contributed by atoms with Gasteiger partial charge >= 0.3 is 26.8 Å². The number of halogens is 2. The van der Waals surface area contributed by atoms with Gasteiger partial charge in [0.1, 0.15) is 83.8 Å². The zero-order valence-electron chi connectivity index (χ0n) is 67.8. The summed E-state index contributed by atoms with van der Waals surface area (Å²) >= 11 is 13.8. The highest BCUT2D eigenvalue weighted by molar-refractivity contribution is 7.54. The number of amides is 2. The number of anilines is 2. The van der Waals surface area contributed by atoms with Gasteiger partial charge in [-0.3, -0.25) is 46.6 Å². The molecule has 11 aromatic rings. The molecule has 3 aliphatic rings. The average Bonchev–Trinajstić information content (AvgIpc) is 1.63. The number of nitrogens with zero attached hydrogens (tertiary/aromatic N) is 9. The van der Waals surface area contributed by atoms with Crippen molar-refractivity contribution in [3.05, 3.63) is 294 Å². The fraction of sp³-hybridized carbons (Fsp3) is 0.326. The predicted molar refractivity (Wildman–Crippen MR) is 457 cm³/mol. The van der Waals surface area contributed by atoms with E-state index in [4.69, 9.17) is 83.3 Å². The molecule has 2 amide bonds. The van der Waals surface area contributed by atoms with Gasteiger partial charge in [0.2, 0.25) is 0 Å². The molecule has 3 N–H and O–H groups in total. The van der Waals surface area contributed by atoms with Gasteiger partial charge in [-0.25, -0.2) is 38.3 Å². The lowest BCUT2D eigenvalue weighted by molar-refractivity contribution is -0.0948. The van der Waals surface area contributed by atoms with Crippen LogP contribution >= 0.6 is 47.1 Å². The number of phosphoric acid groups is 1. The van der Waals surface area contributed by atoms with Gasteiger partial charge in [-0.15, -0.1) is 0 Å². The smallest absolute Gasteiger partial charge is 0.497 e. The number of hydrogen-bond acceptors (Lipinski definition) is 26. The van der Waals surface area contributed by atoms with Crippen molar-refractivity contribution in [1.82, 2.24) is 43.3 Å². The summed E-state index contributed by atoms with van der Waals surface area (Å²) < 4.78 is 126. The van der Waals surface area contributed by atoms with Gasteiger partial charge in [0.25, 0.3) is 25.9 Å². The van der Waals surface area contributed by atoms with E-state index >= 15 is 9.13 Å². The first kappa shape index (κ1) is 88.7. The third kappa shape index (κ3) is 20.9. The molecule has 7 aromatic carbocycles. The lowest BCUT2D eigenvalue weighted by Gasteiger charge is -2.37. The van der Waals surface area contributed by atoms with E-state index < -0.39 is 133 Å². The molecule has 0 saturated carbocycles. The topological polar surface area (TPSA) is 373 Å². The van der Waals surface area contributed by atoms with Crippen LogP contribution in [-0.2, 0) is 56.3 Å². The molecule has 12 atom stereocenters. The zero-order chi connectivity index (χ0) is 86.5. The summed E-state index contributed by atoms with van der Waals surface area (Å²) in [5, 5.41) is 15.3. The standard InChI is InChI=1S/C86H89Cl2N12O20P3/c1-54(2)100(55(3)4)121(111-44-21-42-89)116-69-46-77(99-53-92-78-79(90-52-91-80(78)99)95-83(103)58-24-13-9-14-25-58)113-68(69)41-45-122(106,117-66-30-19-17-28-64(66)87)118-70-47-76(98-49-56(5)81(101)96-85(98)105)115-73(70)51-112-123(107,119-67-31-20-18-29-65(67)88)120-71-48-75(97-43-40-74(94-84(97)104)93-82(102)57-22-11-8-12-23-57)114-72(71)50-110-86(59-26-15-10-16-27-59,60-32-36-62(108-6)37-33-60)61-34-38-63(109-7)39-35-61/h8-20,22-40,43,49,52-55,68-73,75-77H,21,41,44-48,50-51H2,1-7H3,(H,96,101,105)(H,90,91,95,103)(H,93,94,102,104)/t68-,69+,70+,71+,72-,73-,75-,76-,77-,121?,122?,123?/m1/s1. The number of H-pyrrole nitrogens is 1. The molecule has 37 heteroatoms. The Hall–Kier alpha value is -10.7. The van der Waals surface area contributed by atoms with Crippen molar-refractivity contribution in [1.29, 1.82) is 5.26 Å². The SMILES string of the molecule is COc1ccc(C(OC[C@H]2O[C@@H](n3ccc(NC(=O)c4ccccc4)nc3=O)C[C@@H]2OP(=O)(OC[C@H]2O[C@@H](n3cc(C)c(=O)[nH]c3=O)C[C@@H]2OP(=O)(CC[C@H]2O[C@@H](n3cnc4c(NC(=O)c5ccccc5)ncnc43)C[C@@H]2OP(OCCC#N)N(C(C)C)C(C)C)Oc2ccccc2Cl)Oc2ccccc2Cl)(c2ccccc2)c2ccc(OC)cc2)cc1. The number of carbonyl (C=O) groups is 2. The summed E-state index contributed by atoms with van der Waals surface area (Å²) in [6, 6.07) is 56.6. The number of nitrogens with one attached hydrogen (secondary N) is 3. The van der Waals surface area contributed by atoms with Gasteiger partial charge < -0.3 is 57.1 Å². The first-order valence-electron chi connectivity index (χ1n) is 39.5. The molecule has 123 heavy (non-hydrogen) atoms. The minimum atomic E-state index is -5.30. The lowest BCUT2D eigenvalue weighted by atomic mass is 9.80. The molecule has 0 bridgehead atoms. The monoisotopic (exact) mass is 1770 g/mol. The molecule has 7 heterocycles. The van der Waals surface area contributed by atoms with Crippen LogP contribution < -0.4 is 46.1 Å². The molecule has 0 aliphatic carbocycles. The molecule has 32 nitrogen and oxygen atoms in total. The number of imidazole rings is 1. The van der Waals surface area contributed by atoms with Crippen LogP contribution in [-0.4, -0.2) is 144 Å². The number of aryl methyl sites for hydroxylation is 1. The largest absolute Gasteiger partial charge is 0.530 e. The lowest BCUT2D eigenvalue weighted by Crippen LogP contribution is -2.38. The highest BCUT2D eigenvalue weighted by Gasteiger charge is 2.51. The number of benzene rings is 7. The number of nitriles is 1. The van der Waals surface area contributed by atoms with Crippen molar-refractivity contribution in [2.45, 2.75) is 140 Å². The van der Waals surface area contributed by atoms with Gasteiger partial charge in [0.15, 0.2) is 17.0 Å². The van der Waals surface area contributed by atoms with E-state index in [0.29, 0.717) is 39.3 Å². The van der Waals surface area contributed by atoms with E-state index in [1.54, 1.807) is 128 Å². The maximum absolute atomic E-state index is 16.7. The highest BCUT2D eigenvalue weighted by atomic mass is 35.5. The van der Waals surface area contributed by atoms with Crippen LogP contribution in [0.5, 0.6) is 23.0 Å². The van der Waals surface area contributed by atoms with Gasteiger partial charge in [0, 0.05) is 60.4 Å². The number of hydrogen-bond donors (Lipinski definition) is 3. The van der Waals surface area contributed by atoms with Crippen LogP contribution in [0.1, 0.15) is 121 Å². The molecule has 0 radical (unpaired) electrons. The van der Waals surface area contributed by atoms with Crippen molar-refractivity contribution >= 4 is 81.8 Å². The predicted octanol–water partition coefficient (Wildman–Crippen LogP) is 15.9. The second-order valence-electron chi connectivity index (χ2n) is 29.5. The second kappa shape index (κ2) is 39.9. The number of aromatic amines is 1. The molecule has 3 fully saturated rings. The minimum absolute atomic E-state index is 0.0250. The Morgan fingerprint density at radius 3 is 1.77 bits per heavy atom. The first-order chi connectivity index (χ1) is 59.4. The van der Waals surface area contributed by atoms with Crippen molar-refractivity contribution in [2.75, 3.05) is 50.8 Å². The number of methoxy groups -OCH3 is 2. The van der Waals surface area contributed by atoms with E-state index in [9.17, 15) is 29.2 Å². The number of carbonyl (C=O) groups excluding carboxylic acids is 2. The number of fused-ring (bicyclic) bond motifs is 1. The molecule has 14 rings (SSSR count). The fourth-order valence-corrected chi connectivity index (χ4v) is 20.3. The highest BCUT2D eigenvalue weighted by Crippen LogP contribution is 2.59. The van der Waals surface area contributed by atoms with Crippen LogP contribution in [0, 0.1) is 18.3 Å². The van der Waals surface area contributed by atoms with E-state index in [1.165, 1.54) is 66.9 Å². The van der Waals surface area contributed by atoms with Gasteiger partial charge in [0.05, 0.1) is 81.3 Å². The maximum atomic E-state index is 16.7. The van der Waals surface area contributed by atoms with Crippen LogP contribution in [0.3, 0.4) is 0 Å². The van der Waals surface area contributed by atoms with Gasteiger partial charge in [-0.05, 0) is 137 Å². The number of para-hydroxylation sites is 2. The quantitative estimate of drug-likeness (QED) is 0.0185. The molecule has 642 valence electrons. The summed E-state index contributed by atoms with van der Waals surface area (Å²) in [4.78, 5) is 88.7. The van der Waals surface area contributed by atoms with Crippen LogP contribution in [0.2, 0.25) is 10.0 Å². The van der Waals surface area contributed by atoms with E-state index in [2.05, 4.69) is 46.3 Å². The Morgan fingerprint density at radius 2 is 1.18 bits per heavy atom. The molecular formula is C86H89Cl2N12O20P3. The van der Waals surface area contributed by atoms with Crippen molar-refractivity contribution < 1.29 is 78.8 Å². The number of aromatic nitrogens is 8. The number of ether oxygens (including phenoxy) is 6. The zero-order valence-corrected chi connectivity index (χ0v) is 72.0. The third-order valence-electron chi connectivity index (χ3n) is 20.6.